The third-order valence-corrected chi connectivity index (χ3v) is 3.15. The fourth-order valence-electron chi connectivity index (χ4n) is 2.03. The summed E-state index contributed by atoms with van der Waals surface area (Å²) < 4.78 is 5.18. The quantitative estimate of drug-likeness (QED) is 0.786. The van der Waals surface area contributed by atoms with Crippen LogP contribution in [0.3, 0.4) is 0 Å². The summed E-state index contributed by atoms with van der Waals surface area (Å²) in [6.45, 7) is 5.81. The second-order valence-electron chi connectivity index (χ2n) is 4.57. The van der Waals surface area contributed by atoms with Crippen LogP contribution >= 0.6 is 0 Å². The Morgan fingerprint density at radius 3 is 3.16 bits per heavy atom. The lowest BCUT2D eigenvalue weighted by molar-refractivity contribution is -0.149. The number of rotatable bonds is 5. The predicted molar refractivity (Wildman–Crippen MR) is 69.1 cm³/mol. The summed E-state index contributed by atoms with van der Waals surface area (Å²) in [6, 6.07) is -0.248. The van der Waals surface area contributed by atoms with Crippen molar-refractivity contribution in [3.8, 4) is 0 Å². The largest absolute Gasteiger partial charge is 0.465 e. The van der Waals surface area contributed by atoms with Gasteiger partial charge in [-0.15, -0.1) is 10.2 Å². The average molecular weight is 265 g/mol. The molecule has 2 heterocycles. The first-order chi connectivity index (χ1) is 9.22. The molecule has 7 heteroatoms. The second kappa shape index (κ2) is 6.42. The maximum Gasteiger partial charge on any atom is 0.323 e. The van der Waals surface area contributed by atoms with E-state index < -0.39 is 0 Å². The standard InChI is InChI=1S/C12H19N5O2/c1-3-7-19-12(18)9(2)17-6-4-5-10(8-17)11-13-15-16-14-11/h5,9H,3-4,6-8H2,1-2H3,(H,13,14,15,16). The van der Waals surface area contributed by atoms with Crippen molar-refractivity contribution in [1.82, 2.24) is 25.5 Å². The number of H-pyrrole nitrogens is 1. The van der Waals surface area contributed by atoms with Gasteiger partial charge in [0.05, 0.1) is 6.61 Å². The fourth-order valence-corrected chi connectivity index (χ4v) is 2.03. The first-order valence-corrected chi connectivity index (χ1v) is 6.56. The van der Waals surface area contributed by atoms with E-state index in [1.54, 1.807) is 0 Å². The minimum atomic E-state index is -0.248. The number of carbonyl (C=O) groups is 1. The number of aromatic nitrogens is 4. The van der Waals surface area contributed by atoms with Gasteiger partial charge < -0.3 is 4.74 Å². The molecule has 0 amide bonds. The molecule has 0 fully saturated rings. The summed E-state index contributed by atoms with van der Waals surface area (Å²) >= 11 is 0. The summed E-state index contributed by atoms with van der Waals surface area (Å²) in [5.41, 5.74) is 0.996. The average Bonchev–Trinajstić information content (AvgIpc) is 2.98. The van der Waals surface area contributed by atoms with Crippen molar-refractivity contribution < 1.29 is 9.53 Å². The summed E-state index contributed by atoms with van der Waals surface area (Å²) in [7, 11) is 0. The molecule has 1 atom stereocenters. The first-order valence-electron chi connectivity index (χ1n) is 6.56. The van der Waals surface area contributed by atoms with Gasteiger partial charge in [0, 0.05) is 18.7 Å². The van der Waals surface area contributed by atoms with Crippen LogP contribution in [0.2, 0.25) is 0 Å². The van der Waals surface area contributed by atoms with Crippen molar-refractivity contribution in [2.24, 2.45) is 0 Å². The number of carbonyl (C=O) groups excluding carboxylic acids is 1. The molecule has 0 aliphatic carbocycles. The molecule has 0 spiro atoms. The fraction of sp³-hybridized carbons (Fsp3) is 0.667. The molecule has 0 radical (unpaired) electrons. The number of nitrogens with zero attached hydrogens (tertiary/aromatic N) is 4. The summed E-state index contributed by atoms with van der Waals surface area (Å²) in [5, 5.41) is 13.9. The number of esters is 1. The third kappa shape index (κ3) is 3.37. The Morgan fingerprint density at radius 2 is 2.47 bits per heavy atom. The number of tetrazole rings is 1. The van der Waals surface area contributed by atoms with Crippen LogP contribution in [0.5, 0.6) is 0 Å². The van der Waals surface area contributed by atoms with E-state index in [9.17, 15) is 4.79 Å². The van der Waals surface area contributed by atoms with E-state index in [0.29, 0.717) is 19.0 Å². The molecule has 104 valence electrons. The lowest BCUT2D eigenvalue weighted by Crippen LogP contribution is -2.43. The van der Waals surface area contributed by atoms with Crippen molar-refractivity contribution in [2.45, 2.75) is 32.7 Å². The summed E-state index contributed by atoms with van der Waals surface area (Å²) in [6.07, 6.45) is 3.80. The normalized spacial score (nSPS) is 17.9. The molecule has 1 aliphatic rings. The minimum Gasteiger partial charge on any atom is -0.465 e. The van der Waals surface area contributed by atoms with Gasteiger partial charge in [0.1, 0.15) is 6.04 Å². The van der Waals surface area contributed by atoms with Gasteiger partial charge in [-0.1, -0.05) is 13.0 Å². The second-order valence-corrected chi connectivity index (χ2v) is 4.57. The van der Waals surface area contributed by atoms with Gasteiger partial charge in [-0.25, -0.2) is 0 Å². The van der Waals surface area contributed by atoms with Crippen molar-refractivity contribution in [3.63, 3.8) is 0 Å². The Hall–Kier alpha value is -1.76. The van der Waals surface area contributed by atoms with Crippen LogP contribution in [0.1, 0.15) is 32.5 Å². The highest BCUT2D eigenvalue weighted by atomic mass is 16.5. The molecule has 19 heavy (non-hydrogen) atoms. The van der Waals surface area contributed by atoms with Gasteiger partial charge in [-0.05, 0) is 25.0 Å². The zero-order valence-corrected chi connectivity index (χ0v) is 11.3. The number of aromatic amines is 1. The molecule has 0 bridgehead atoms. The van der Waals surface area contributed by atoms with Crippen molar-refractivity contribution in [1.29, 1.82) is 0 Å². The predicted octanol–water partition coefficient (Wildman–Crippen LogP) is 0.630. The van der Waals surface area contributed by atoms with E-state index >= 15 is 0 Å². The lowest BCUT2D eigenvalue weighted by Gasteiger charge is -2.30. The van der Waals surface area contributed by atoms with Gasteiger partial charge in [-0.2, -0.15) is 5.21 Å². The van der Waals surface area contributed by atoms with Gasteiger partial charge >= 0.3 is 5.97 Å². The molecule has 0 saturated heterocycles. The highest BCUT2D eigenvalue weighted by molar-refractivity contribution is 5.76. The van der Waals surface area contributed by atoms with E-state index in [1.807, 2.05) is 13.8 Å². The van der Waals surface area contributed by atoms with E-state index in [4.69, 9.17) is 4.74 Å². The maximum absolute atomic E-state index is 11.9. The molecule has 1 aromatic rings. The zero-order chi connectivity index (χ0) is 13.7. The van der Waals surface area contributed by atoms with E-state index in [0.717, 1.165) is 25.0 Å². The Labute approximate surface area is 112 Å². The van der Waals surface area contributed by atoms with Gasteiger partial charge in [0.25, 0.3) is 0 Å². The lowest BCUT2D eigenvalue weighted by atomic mass is 10.1. The van der Waals surface area contributed by atoms with Crippen LogP contribution in [-0.2, 0) is 9.53 Å². The molecule has 1 aromatic heterocycles. The Bertz CT molecular complexity index is 443. The van der Waals surface area contributed by atoms with Crippen LogP contribution in [0.25, 0.3) is 5.57 Å². The molecular weight excluding hydrogens is 246 g/mol. The molecule has 0 saturated carbocycles. The van der Waals surface area contributed by atoms with Crippen molar-refractivity contribution in [3.05, 3.63) is 11.9 Å². The third-order valence-electron chi connectivity index (χ3n) is 3.15. The molecule has 1 aliphatic heterocycles. The molecule has 1 N–H and O–H groups in total. The topological polar surface area (TPSA) is 84.0 Å². The molecule has 2 rings (SSSR count). The minimum absolute atomic E-state index is 0.170. The highest BCUT2D eigenvalue weighted by Gasteiger charge is 2.26. The van der Waals surface area contributed by atoms with E-state index in [-0.39, 0.29) is 12.0 Å². The number of ether oxygens (including phenoxy) is 1. The first kappa shape index (κ1) is 13.7. The molecule has 7 nitrogen and oxygen atoms in total. The molecule has 0 aromatic carbocycles. The van der Waals surface area contributed by atoms with Crippen molar-refractivity contribution >= 4 is 11.5 Å². The van der Waals surface area contributed by atoms with Gasteiger partial charge in [0.15, 0.2) is 0 Å². The maximum atomic E-state index is 11.9. The number of hydrogen-bond acceptors (Lipinski definition) is 6. The monoisotopic (exact) mass is 265 g/mol. The summed E-state index contributed by atoms with van der Waals surface area (Å²) in [4.78, 5) is 13.9. The van der Waals surface area contributed by atoms with Crippen LogP contribution < -0.4 is 0 Å². The van der Waals surface area contributed by atoms with Gasteiger partial charge in [0.2, 0.25) is 5.82 Å². The van der Waals surface area contributed by atoms with Gasteiger partial charge in [-0.3, -0.25) is 9.69 Å². The SMILES string of the molecule is CCCOC(=O)C(C)N1CCC=C(c2nn[nH]n2)C1. The number of nitrogens with one attached hydrogen (secondary N) is 1. The Balaban J connectivity index is 1.96. The molecule has 1 unspecified atom stereocenters. The number of hydrogen-bond donors (Lipinski definition) is 1. The zero-order valence-electron chi connectivity index (χ0n) is 11.3. The smallest absolute Gasteiger partial charge is 0.323 e. The van der Waals surface area contributed by atoms with Crippen molar-refractivity contribution in [2.75, 3.05) is 19.7 Å². The molecular formula is C12H19N5O2. The van der Waals surface area contributed by atoms with Crippen LogP contribution in [0.15, 0.2) is 6.08 Å². The van der Waals surface area contributed by atoms with Crippen LogP contribution in [-0.4, -0.2) is 57.2 Å². The highest BCUT2D eigenvalue weighted by Crippen LogP contribution is 2.19. The van der Waals surface area contributed by atoms with Crippen LogP contribution in [0.4, 0.5) is 0 Å². The van der Waals surface area contributed by atoms with E-state index in [2.05, 4.69) is 31.6 Å². The Morgan fingerprint density at radius 1 is 1.63 bits per heavy atom. The Kier molecular flexibility index (Phi) is 4.62. The summed E-state index contributed by atoms with van der Waals surface area (Å²) in [5.74, 6) is 0.426. The van der Waals surface area contributed by atoms with Crippen LogP contribution in [0, 0.1) is 0 Å². The van der Waals surface area contributed by atoms with E-state index in [1.165, 1.54) is 0 Å².